The van der Waals surface area contributed by atoms with Crippen molar-refractivity contribution in [3.8, 4) is 0 Å². The number of carbonyl (C=O) groups excluding carboxylic acids is 1. The van der Waals surface area contributed by atoms with Crippen molar-refractivity contribution in [2.75, 3.05) is 6.61 Å². The molecule has 316 valence electrons. The van der Waals surface area contributed by atoms with E-state index < -0.39 is 36.9 Å². The van der Waals surface area contributed by atoms with E-state index in [0.29, 0.717) is 19.3 Å². The van der Waals surface area contributed by atoms with Crippen molar-refractivity contribution in [2.24, 2.45) is 0 Å². The molecule has 0 fully saturated rings. The van der Waals surface area contributed by atoms with Gasteiger partial charge in [-0.1, -0.05) is 184 Å². The summed E-state index contributed by atoms with van der Waals surface area (Å²) < 4.78 is 0. The SMILES string of the molecule is CCCCC/C=C/CC/C=C/CCCC(O)C(O)C(CO)NC(=O)C(O)CCCCCCCCCCCC/C=C\C/C=C\CCCCCCCCCCC. The first kappa shape index (κ1) is 52.3. The number of unbranched alkanes of at least 4 members (excludes halogenated alkanes) is 24. The predicted molar refractivity (Wildman–Crippen MR) is 233 cm³/mol. The molecule has 0 bridgehead atoms. The van der Waals surface area contributed by atoms with Crippen LogP contribution in [0, 0.1) is 0 Å². The molecule has 0 aliphatic carbocycles. The molecule has 5 N–H and O–H groups in total. The van der Waals surface area contributed by atoms with Crippen LogP contribution >= 0.6 is 0 Å². The van der Waals surface area contributed by atoms with Gasteiger partial charge in [0.25, 0.3) is 0 Å². The van der Waals surface area contributed by atoms with E-state index in [2.05, 4.69) is 67.8 Å². The Labute approximate surface area is 334 Å². The molecule has 0 rings (SSSR count). The lowest BCUT2D eigenvalue weighted by Gasteiger charge is -2.27. The minimum Gasteiger partial charge on any atom is -0.394 e. The molecule has 0 aliphatic heterocycles. The lowest BCUT2D eigenvalue weighted by molar-refractivity contribution is -0.132. The maximum Gasteiger partial charge on any atom is 0.249 e. The van der Waals surface area contributed by atoms with E-state index in [9.17, 15) is 25.2 Å². The number of allylic oxidation sites excluding steroid dienone is 8. The molecule has 6 heteroatoms. The normalized spacial score (nSPS) is 14.6. The molecule has 1 amide bonds. The summed E-state index contributed by atoms with van der Waals surface area (Å²) >= 11 is 0. The van der Waals surface area contributed by atoms with E-state index in [0.717, 1.165) is 51.4 Å². The van der Waals surface area contributed by atoms with Gasteiger partial charge < -0.3 is 25.7 Å². The topological polar surface area (TPSA) is 110 Å². The van der Waals surface area contributed by atoms with Gasteiger partial charge in [0.05, 0.1) is 18.8 Å². The van der Waals surface area contributed by atoms with Gasteiger partial charge in [-0.3, -0.25) is 4.79 Å². The molecule has 0 saturated carbocycles. The highest BCUT2D eigenvalue weighted by molar-refractivity contribution is 5.80. The van der Waals surface area contributed by atoms with Gasteiger partial charge in [0.1, 0.15) is 12.2 Å². The van der Waals surface area contributed by atoms with Crippen LogP contribution in [0.4, 0.5) is 0 Å². The third-order valence-corrected chi connectivity index (χ3v) is 10.5. The second-order valence-electron chi connectivity index (χ2n) is 15.7. The minimum atomic E-state index is -1.29. The first-order valence-electron chi connectivity index (χ1n) is 23.0. The molecule has 0 aromatic rings. The van der Waals surface area contributed by atoms with Crippen LogP contribution in [-0.4, -0.2) is 57.3 Å². The highest BCUT2D eigenvalue weighted by Crippen LogP contribution is 2.15. The monoisotopic (exact) mass is 760 g/mol. The Morgan fingerprint density at radius 3 is 1.31 bits per heavy atom. The number of amides is 1. The van der Waals surface area contributed by atoms with Crippen LogP contribution in [0.1, 0.15) is 219 Å². The fourth-order valence-electron chi connectivity index (χ4n) is 6.80. The number of rotatable bonds is 41. The smallest absolute Gasteiger partial charge is 0.249 e. The zero-order valence-corrected chi connectivity index (χ0v) is 35.5. The molecule has 6 nitrogen and oxygen atoms in total. The largest absolute Gasteiger partial charge is 0.394 e. The quantitative estimate of drug-likeness (QED) is 0.0315. The van der Waals surface area contributed by atoms with Crippen molar-refractivity contribution < 1.29 is 25.2 Å². The predicted octanol–water partition coefficient (Wildman–Crippen LogP) is 12.3. The molecular formula is C48H89NO5. The summed E-state index contributed by atoms with van der Waals surface area (Å²) in [4.78, 5) is 12.5. The van der Waals surface area contributed by atoms with Crippen LogP contribution in [0.5, 0.6) is 0 Å². The van der Waals surface area contributed by atoms with Gasteiger partial charge >= 0.3 is 0 Å². The molecule has 0 heterocycles. The van der Waals surface area contributed by atoms with E-state index >= 15 is 0 Å². The first-order chi connectivity index (χ1) is 26.5. The number of nitrogens with one attached hydrogen (secondary N) is 1. The Morgan fingerprint density at radius 1 is 0.463 bits per heavy atom. The van der Waals surface area contributed by atoms with Gasteiger partial charge in [0, 0.05) is 0 Å². The number of hydrogen-bond acceptors (Lipinski definition) is 5. The Kier molecular flexibility index (Phi) is 41.1. The number of carbonyl (C=O) groups is 1. The Bertz CT molecular complexity index is 900. The molecule has 4 atom stereocenters. The van der Waals surface area contributed by atoms with E-state index in [1.165, 1.54) is 135 Å². The molecular weight excluding hydrogens is 671 g/mol. The Hall–Kier alpha value is -1.73. The van der Waals surface area contributed by atoms with Crippen LogP contribution in [0.3, 0.4) is 0 Å². The summed E-state index contributed by atoms with van der Waals surface area (Å²) in [6.45, 7) is 3.99. The van der Waals surface area contributed by atoms with Crippen molar-refractivity contribution in [3.63, 3.8) is 0 Å². The lowest BCUT2D eigenvalue weighted by atomic mass is 10.00. The summed E-state index contributed by atoms with van der Waals surface area (Å²) in [6, 6.07) is -1.01. The lowest BCUT2D eigenvalue weighted by Crippen LogP contribution is -2.53. The van der Waals surface area contributed by atoms with Crippen LogP contribution in [0.25, 0.3) is 0 Å². The van der Waals surface area contributed by atoms with Crippen molar-refractivity contribution in [3.05, 3.63) is 48.6 Å². The summed E-state index contributed by atoms with van der Waals surface area (Å²) in [6.07, 6.45) is 51.5. The maximum atomic E-state index is 12.5. The van der Waals surface area contributed by atoms with Gasteiger partial charge in [-0.2, -0.15) is 0 Å². The molecule has 0 aromatic carbocycles. The first-order valence-corrected chi connectivity index (χ1v) is 23.0. The second kappa shape index (κ2) is 42.4. The molecule has 0 spiro atoms. The highest BCUT2D eigenvalue weighted by atomic mass is 16.3. The molecule has 54 heavy (non-hydrogen) atoms. The zero-order chi connectivity index (χ0) is 39.6. The Balaban J connectivity index is 3.72. The summed E-state index contributed by atoms with van der Waals surface area (Å²) in [7, 11) is 0. The minimum absolute atomic E-state index is 0.355. The summed E-state index contributed by atoms with van der Waals surface area (Å²) in [5, 5.41) is 43.6. The standard InChI is InChI=1S/C48H89NO5/c1-3-5-7-9-11-13-15-17-18-19-20-21-22-23-24-25-26-27-28-29-30-32-34-36-38-40-42-46(52)48(54)49-44(43-50)47(53)45(51)41-39-37-35-33-31-16-14-12-10-8-6-4-2/h12,14,20-21,23-24,33,35,44-47,50-53H,3-11,13,15-19,22,25-32,34,36-43H2,1-2H3,(H,49,54)/b14-12+,21-20-,24-23-,35-33+. The van der Waals surface area contributed by atoms with Crippen LogP contribution in [0.15, 0.2) is 48.6 Å². The average molecular weight is 760 g/mol. The molecule has 0 radical (unpaired) electrons. The zero-order valence-electron chi connectivity index (χ0n) is 35.5. The molecule has 0 aliphatic rings. The maximum absolute atomic E-state index is 12.5. The van der Waals surface area contributed by atoms with Crippen molar-refractivity contribution in [2.45, 2.75) is 244 Å². The van der Waals surface area contributed by atoms with Crippen LogP contribution in [-0.2, 0) is 4.79 Å². The fraction of sp³-hybridized carbons (Fsp3) is 0.812. The van der Waals surface area contributed by atoms with Gasteiger partial charge in [-0.25, -0.2) is 0 Å². The number of aliphatic hydroxyl groups is 4. The third kappa shape index (κ3) is 35.9. The summed E-state index contributed by atoms with van der Waals surface area (Å²) in [5.41, 5.74) is 0. The van der Waals surface area contributed by atoms with Crippen molar-refractivity contribution in [1.82, 2.24) is 5.32 Å². The van der Waals surface area contributed by atoms with E-state index in [4.69, 9.17) is 0 Å². The number of hydrogen-bond donors (Lipinski definition) is 5. The van der Waals surface area contributed by atoms with Crippen LogP contribution < -0.4 is 5.32 Å². The van der Waals surface area contributed by atoms with Crippen molar-refractivity contribution >= 4 is 5.91 Å². The second-order valence-corrected chi connectivity index (χ2v) is 15.7. The van der Waals surface area contributed by atoms with E-state index in [-0.39, 0.29) is 0 Å². The van der Waals surface area contributed by atoms with Crippen molar-refractivity contribution in [1.29, 1.82) is 0 Å². The van der Waals surface area contributed by atoms with Gasteiger partial charge in [0.15, 0.2) is 0 Å². The van der Waals surface area contributed by atoms with Gasteiger partial charge in [-0.05, 0) is 83.5 Å². The third-order valence-electron chi connectivity index (χ3n) is 10.5. The molecule has 0 aromatic heterocycles. The molecule has 0 saturated heterocycles. The molecule has 4 unspecified atom stereocenters. The van der Waals surface area contributed by atoms with E-state index in [1.54, 1.807) is 0 Å². The van der Waals surface area contributed by atoms with Gasteiger partial charge in [0.2, 0.25) is 5.91 Å². The number of aliphatic hydroxyl groups excluding tert-OH is 4. The van der Waals surface area contributed by atoms with Crippen LogP contribution in [0.2, 0.25) is 0 Å². The highest BCUT2D eigenvalue weighted by Gasteiger charge is 2.28. The average Bonchev–Trinajstić information content (AvgIpc) is 3.18. The Morgan fingerprint density at radius 2 is 0.833 bits per heavy atom. The van der Waals surface area contributed by atoms with E-state index in [1.807, 2.05) is 0 Å². The van der Waals surface area contributed by atoms with Gasteiger partial charge in [-0.15, -0.1) is 0 Å². The summed E-state index contributed by atoms with van der Waals surface area (Å²) in [5.74, 6) is -0.602. The fourth-order valence-corrected chi connectivity index (χ4v) is 6.80.